The molecule has 2 nitrogen and oxygen atoms in total. The van der Waals surface area contributed by atoms with Gasteiger partial charge < -0.3 is 10.1 Å². The molecular weight excluding hydrogens is 145 g/mol. The quantitative estimate of drug-likeness (QED) is 0.721. The largest absolute Gasteiger partial charge is 0.463 e. The van der Waals surface area contributed by atoms with Gasteiger partial charge in [-0.15, -0.1) is 0 Å². The number of hydrogen-bond donors (Lipinski definition) is 1. The summed E-state index contributed by atoms with van der Waals surface area (Å²) in [5.74, 6) is 0.548. The number of hydrogen-bond acceptors (Lipinski definition) is 2. The van der Waals surface area contributed by atoms with Crippen LogP contribution in [0.4, 0.5) is 10.1 Å². The summed E-state index contributed by atoms with van der Waals surface area (Å²) in [6.07, 6.45) is 0. The maximum absolute atomic E-state index is 11.6. The highest BCUT2D eigenvalue weighted by atomic mass is 19.1. The van der Waals surface area contributed by atoms with E-state index in [0.717, 1.165) is 5.69 Å². The maximum Gasteiger partial charge on any atom is 0.228 e. The van der Waals surface area contributed by atoms with E-state index in [1.54, 1.807) is 12.1 Å². The summed E-state index contributed by atoms with van der Waals surface area (Å²) in [5, 5.41) is 2.95. The monoisotopic (exact) mass is 155 g/mol. The summed E-state index contributed by atoms with van der Waals surface area (Å²) in [4.78, 5) is 0. The highest BCUT2D eigenvalue weighted by Gasteiger charge is 1.91. The fraction of sp³-hybridized carbons (Fsp3) is 0.250. The van der Waals surface area contributed by atoms with Crippen LogP contribution in [0, 0.1) is 0 Å². The molecule has 0 saturated heterocycles. The van der Waals surface area contributed by atoms with E-state index in [0.29, 0.717) is 5.75 Å². The summed E-state index contributed by atoms with van der Waals surface area (Å²) in [7, 11) is 1.82. The van der Waals surface area contributed by atoms with E-state index in [1.165, 1.54) is 0 Å². The first-order chi connectivity index (χ1) is 5.36. The third-order valence-electron chi connectivity index (χ3n) is 1.36. The second-order valence-corrected chi connectivity index (χ2v) is 2.03. The average Bonchev–Trinajstić information content (AvgIpc) is 2.07. The highest BCUT2D eigenvalue weighted by molar-refractivity contribution is 5.45. The Morgan fingerprint density at radius 3 is 2.45 bits per heavy atom. The third kappa shape index (κ3) is 2.11. The lowest BCUT2D eigenvalue weighted by atomic mass is 10.3. The Kier molecular flexibility index (Phi) is 2.72. The van der Waals surface area contributed by atoms with Gasteiger partial charge in [0.25, 0.3) is 0 Å². The van der Waals surface area contributed by atoms with Gasteiger partial charge in [-0.2, -0.15) is 0 Å². The van der Waals surface area contributed by atoms with Crippen LogP contribution in [0.25, 0.3) is 0 Å². The van der Waals surface area contributed by atoms with Crippen LogP contribution < -0.4 is 10.1 Å². The van der Waals surface area contributed by atoms with Crippen LogP contribution in [0.2, 0.25) is 0 Å². The summed E-state index contributed by atoms with van der Waals surface area (Å²) in [5.41, 5.74) is 0.983. The van der Waals surface area contributed by atoms with E-state index >= 15 is 0 Å². The Morgan fingerprint density at radius 2 is 2.00 bits per heavy atom. The molecule has 3 heteroatoms. The van der Waals surface area contributed by atoms with Crippen molar-refractivity contribution < 1.29 is 9.13 Å². The molecule has 0 fully saturated rings. The van der Waals surface area contributed by atoms with Crippen LogP contribution >= 0.6 is 0 Å². The van der Waals surface area contributed by atoms with Crippen molar-refractivity contribution in [2.45, 2.75) is 0 Å². The molecule has 0 heterocycles. The molecule has 1 rings (SSSR count). The highest BCUT2D eigenvalue weighted by Crippen LogP contribution is 2.14. The zero-order chi connectivity index (χ0) is 8.10. The number of anilines is 1. The Labute approximate surface area is 65.0 Å². The van der Waals surface area contributed by atoms with E-state index in [1.807, 2.05) is 19.2 Å². The second-order valence-electron chi connectivity index (χ2n) is 2.03. The summed E-state index contributed by atoms with van der Waals surface area (Å²) in [6.45, 7) is -0.779. The number of nitrogens with one attached hydrogen (secondary N) is 1. The van der Waals surface area contributed by atoms with Gasteiger partial charge in [0, 0.05) is 12.7 Å². The minimum Gasteiger partial charge on any atom is -0.463 e. The van der Waals surface area contributed by atoms with Crippen molar-refractivity contribution in [2.75, 3.05) is 19.2 Å². The van der Waals surface area contributed by atoms with Crippen molar-refractivity contribution in [3.8, 4) is 5.75 Å². The smallest absolute Gasteiger partial charge is 0.228 e. The third-order valence-corrected chi connectivity index (χ3v) is 1.36. The number of halogens is 1. The van der Waals surface area contributed by atoms with Gasteiger partial charge in [0.1, 0.15) is 5.75 Å². The Hall–Kier alpha value is -1.25. The van der Waals surface area contributed by atoms with E-state index < -0.39 is 6.86 Å². The normalized spacial score (nSPS) is 9.27. The van der Waals surface area contributed by atoms with Crippen LogP contribution in [0.1, 0.15) is 0 Å². The lowest BCUT2D eigenvalue weighted by Crippen LogP contribution is -1.91. The number of benzene rings is 1. The van der Waals surface area contributed by atoms with Gasteiger partial charge in [-0.3, -0.25) is 0 Å². The molecule has 1 aromatic rings. The molecule has 1 N–H and O–H groups in total. The fourth-order valence-electron chi connectivity index (χ4n) is 0.781. The fourth-order valence-corrected chi connectivity index (χ4v) is 0.781. The predicted octanol–water partition coefficient (Wildman–Crippen LogP) is 2.03. The first-order valence-corrected chi connectivity index (χ1v) is 3.33. The summed E-state index contributed by atoms with van der Waals surface area (Å²) < 4.78 is 16.2. The average molecular weight is 155 g/mol. The van der Waals surface area contributed by atoms with Crippen LogP contribution in [0.15, 0.2) is 24.3 Å². The predicted molar refractivity (Wildman–Crippen MR) is 42.6 cm³/mol. The molecule has 0 bridgehead atoms. The van der Waals surface area contributed by atoms with Crippen molar-refractivity contribution in [2.24, 2.45) is 0 Å². The minimum atomic E-state index is -0.779. The van der Waals surface area contributed by atoms with Crippen LogP contribution in [0.5, 0.6) is 5.75 Å². The first-order valence-electron chi connectivity index (χ1n) is 3.33. The van der Waals surface area contributed by atoms with Gasteiger partial charge in [-0.25, -0.2) is 4.39 Å². The Balaban J connectivity index is 2.66. The van der Waals surface area contributed by atoms with Crippen molar-refractivity contribution in [1.82, 2.24) is 0 Å². The minimum absolute atomic E-state index is 0.548. The SMILES string of the molecule is CNc1ccc(OCF)cc1. The number of ether oxygens (including phenoxy) is 1. The molecular formula is C8H10FNO. The molecule has 0 saturated carbocycles. The maximum atomic E-state index is 11.6. The zero-order valence-corrected chi connectivity index (χ0v) is 6.30. The van der Waals surface area contributed by atoms with Crippen molar-refractivity contribution in [3.63, 3.8) is 0 Å². The van der Waals surface area contributed by atoms with Gasteiger partial charge in [0.2, 0.25) is 6.86 Å². The van der Waals surface area contributed by atoms with E-state index in [-0.39, 0.29) is 0 Å². The van der Waals surface area contributed by atoms with Crippen LogP contribution in [0.3, 0.4) is 0 Å². The van der Waals surface area contributed by atoms with Gasteiger partial charge in [0.15, 0.2) is 0 Å². The van der Waals surface area contributed by atoms with Gasteiger partial charge in [-0.05, 0) is 24.3 Å². The molecule has 0 aliphatic rings. The van der Waals surface area contributed by atoms with Crippen molar-refractivity contribution >= 4 is 5.69 Å². The molecule has 60 valence electrons. The molecule has 0 aliphatic carbocycles. The van der Waals surface area contributed by atoms with E-state index in [9.17, 15) is 4.39 Å². The molecule has 11 heavy (non-hydrogen) atoms. The van der Waals surface area contributed by atoms with E-state index in [4.69, 9.17) is 0 Å². The lowest BCUT2D eigenvalue weighted by Gasteiger charge is -2.02. The molecule has 0 spiro atoms. The Morgan fingerprint density at radius 1 is 1.36 bits per heavy atom. The first kappa shape index (κ1) is 7.85. The molecule has 1 aromatic carbocycles. The number of alkyl halides is 1. The molecule has 0 aliphatic heterocycles. The number of rotatable bonds is 3. The Bertz CT molecular complexity index is 210. The van der Waals surface area contributed by atoms with Crippen molar-refractivity contribution in [3.05, 3.63) is 24.3 Å². The van der Waals surface area contributed by atoms with E-state index in [2.05, 4.69) is 10.1 Å². The topological polar surface area (TPSA) is 21.3 Å². The molecule has 0 amide bonds. The summed E-state index contributed by atoms with van der Waals surface area (Å²) >= 11 is 0. The van der Waals surface area contributed by atoms with Gasteiger partial charge in [-0.1, -0.05) is 0 Å². The summed E-state index contributed by atoms with van der Waals surface area (Å²) in [6, 6.07) is 7.08. The molecule has 0 atom stereocenters. The molecule has 0 radical (unpaired) electrons. The molecule has 0 unspecified atom stereocenters. The molecule has 0 aromatic heterocycles. The van der Waals surface area contributed by atoms with Gasteiger partial charge >= 0.3 is 0 Å². The second kappa shape index (κ2) is 3.81. The van der Waals surface area contributed by atoms with Crippen LogP contribution in [-0.4, -0.2) is 13.9 Å². The van der Waals surface area contributed by atoms with Crippen LogP contribution in [-0.2, 0) is 0 Å². The van der Waals surface area contributed by atoms with Gasteiger partial charge in [0.05, 0.1) is 0 Å². The standard InChI is InChI=1S/C8H10FNO/c1-10-7-2-4-8(5-3-7)11-6-9/h2-5,10H,6H2,1H3. The lowest BCUT2D eigenvalue weighted by molar-refractivity contribution is 0.192. The zero-order valence-electron chi connectivity index (χ0n) is 6.30. The van der Waals surface area contributed by atoms with Crippen molar-refractivity contribution in [1.29, 1.82) is 0 Å².